The van der Waals surface area contributed by atoms with Crippen molar-refractivity contribution in [2.45, 2.75) is 20.0 Å². The van der Waals surface area contributed by atoms with Crippen LogP contribution in [0.25, 0.3) is 11.1 Å². The van der Waals surface area contributed by atoms with Gasteiger partial charge >= 0.3 is 0 Å². The van der Waals surface area contributed by atoms with Crippen LogP contribution in [0.15, 0.2) is 36.7 Å². The lowest BCUT2D eigenvalue weighted by atomic mass is 10.0. The van der Waals surface area contributed by atoms with Gasteiger partial charge in [0, 0.05) is 38.6 Å². The largest absolute Gasteiger partial charge is 0.497 e. The van der Waals surface area contributed by atoms with E-state index in [1.165, 1.54) is 0 Å². The number of carbonyl (C=O) groups excluding carboxylic acids is 1. The Bertz CT molecular complexity index is 1170. The molecule has 3 heterocycles. The topological polar surface area (TPSA) is 93.6 Å². The van der Waals surface area contributed by atoms with Crippen LogP contribution < -0.4 is 9.64 Å². The zero-order valence-electron chi connectivity index (χ0n) is 19.6. The van der Waals surface area contributed by atoms with E-state index in [1.807, 2.05) is 57.1 Å². The summed E-state index contributed by atoms with van der Waals surface area (Å²) in [5.41, 5.74) is 3.67. The summed E-state index contributed by atoms with van der Waals surface area (Å²) >= 11 is 0. The maximum Gasteiger partial charge on any atom is 0.257 e. The first-order chi connectivity index (χ1) is 15.9. The number of aryl methyl sites for hydroxylation is 2. The van der Waals surface area contributed by atoms with E-state index in [1.54, 1.807) is 24.4 Å². The van der Waals surface area contributed by atoms with Crippen LogP contribution in [-0.2, 0) is 4.74 Å². The molecule has 0 radical (unpaired) electrons. The molecule has 0 unspecified atom stereocenters. The SMILES string of the molecule is COc1cccc(-c2cnc(N(C)C)nc2[C@@H]2CN(C(=O)c3cnc(C)nc3C)CCO2)c1. The molecule has 0 saturated carbocycles. The molecule has 1 atom stereocenters. The van der Waals surface area contributed by atoms with Gasteiger partial charge in [0.1, 0.15) is 17.7 Å². The number of benzene rings is 1. The molecule has 2 aromatic heterocycles. The number of amides is 1. The molecule has 0 spiro atoms. The maximum atomic E-state index is 13.3. The van der Waals surface area contributed by atoms with Crippen molar-refractivity contribution in [3.8, 4) is 16.9 Å². The fraction of sp³-hybridized carbons (Fsp3) is 0.375. The minimum absolute atomic E-state index is 0.106. The Morgan fingerprint density at radius 1 is 1.18 bits per heavy atom. The molecule has 1 aliphatic rings. The van der Waals surface area contributed by atoms with E-state index in [-0.39, 0.29) is 5.91 Å². The second-order valence-electron chi connectivity index (χ2n) is 8.12. The van der Waals surface area contributed by atoms with Crippen LogP contribution in [0.2, 0.25) is 0 Å². The van der Waals surface area contributed by atoms with Crippen molar-refractivity contribution in [3.63, 3.8) is 0 Å². The number of hydrogen-bond donors (Lipinski definition) is 0. The Morgan fingerprint density at radius 3 is 2.73 bits per heavy atom. The van der Waals surface area contributed by atoms with Crippen LogP contribution in [0.5, 0.6) is 5.75 Å². The third-order valence-corrected chi connectivity index (χ3v) is 5.58. The smallest absolute Gasteiger partial charge is 0.257 e. The molecule has 1 saturated heterocycles. The van der Waals surface area contributed by atoms with Gasteiger partial charge in [-0.25, -0.2) is 19.9 Å². The number of rotatable bonds is 5. The first kappa shape index (κ1) is 22.6. The third kappa shape index (κ3) is 4.78. The number of nitrogens with zero attached hydrogens (tertiary/aromatic N) is 6. The van der Waals surface area contributed by atoms with E-state index < -0.39 is 6.10 Å². The van der Waals surface area contributed by atoms with Crippen molar-refractivity contribution >= 4 is 11.9 Å². The van der Waals surface area contributed by atoms with Gasteiger partial charge in [-0.1, -0.05) is 12.1 Å². The average molecular weight is 449 g/mol. The Hall–Kier alpha value is -3.59. The van der Waals surface area contributed by atoms with Gasteiger partial charge in [0.25, 0.3) is 5.91 Å². The van der Waals surface area contributed by atoms with Crippen molar-refractivity contribution in [1.29, 1.82) is 0 Å². The van der Waals surface area contributed by atoms with Crippen molar-refractivity contribution in [1.82, 2.24) is 24.8 Å². The number of aromatic nitrogens is 4. The summed E-state index contributed by atoms with van der Waals surface area (Å²) in [5.74, 6) is 1.85. The molecule has 1 amide bonds. The average Bonchev–Trinajstić information content (AvgIpc) is 2.83. The summed E-state index contributed by atoms with van der Waals surface area (Å²) in [6, 6.07) is 7.74. The van der Waals surface area contributed by atoms with E-state index in [0.717, 1.165) is 22.6 Å². The number of morpholine rings is 1. The Morgan fingerprint density at radius 2 is 2.00 bits per heavy atom. The Labute approximate surface area is 193 Å². The first-order valence-corrected chi connectivity index (χ1v) is 10.8. The lowest BCUT2D eigenvalue weighted by Crippen LogP contribution is -2.43. The summed E-state index contributed by atoms with van der Waals surface area (Å²) < 4.78 is 11.5. The zero-order valence-corrected chi connectivity index (χ0v) is 19.6. The monoisotopic (exact) mass is 448 g/mol. The van der Waals surface area contributed by atoms with Crippen molar-refractivity contribution in [2.24, 2.45) is 0 Å². The van der Waals surface area contributed by atoms with Crippen LogP contribution in [0.4, 0.5) is 5.95 Å². The van der Waals surface area contributed by atoms with E-state index in [2.05, 4.69) is 15.0 Å². The van der Waals surface area contributed by atoms with Crippen molar-refractivity contribution < 1.29 is 14.3 Å². The summed E-state index contributed by atoms with van der Waals surface area (Å²) in [4.78, 5) is 34.7. The molecule has 0 bridgehead atoms. The van der Waals surface area contributed by atoms with Gasteiger partial charge in [-0.15, -0.1) is 0 Å². The van der Waals surface area contributed by atoms with Crippen LogP contribution in [0, 0.1) is 13.8 Å². The molecular formula is C24H28N6O3. The quantitative estimate of drug-likeness (QED) is 0.588. The second kappa shape index (κ2) is 9.50. The van der Waals surface area contributed by atoms with Gasteiger partial charge in [0.2, 0.25) is 5.95 Å². The highest BCUT2D eigenvalue weighted by Gasteiger charge is 2.30. The van der Waals surface area contributed by atoms with Gasteiger partial charge in [-0.3, -0.25) is 4.79 Å². The molecule has 3 aromatic rings. The summed E-state index contributed by atoms with van der Waals surface area (Å²) in [6.45, 7) is 4.90. The molecule has 1 fully saturated rings. The predicted molar refractivity (Wildman–Crippen MR) is 124 cm³/mol. The standard InChI is InChI=1S/C24H28N6O3/c1-15-19(12-25-16(2)27-15)23(31)30-9-10-33-21(14-30)22-20(13-26-24(28-22)29(3)4)17-7-6-8-18(11-17)32-5/h6-8,11-13,21H,9-10,14H2,1-5H3/t21-/m0/s1. The summed E-state index contributed by atoms with van der Waals surface area (Å²) in [6.07, 6.45) is 2.99. The van der Waals surface area contributed by atoms with Gasteiger partial charge < -0.3 is 19.3 Å². The number of ether oxygens (including phenoxy) is 2. The maximum absolute atomic E-state index is 13.3. The molecule has 0 N–H and O–H groups in total. The lowest BCUT2D eigenvalue weighted by molar-refractivity contribution is -0.0245. The second-order valence-corrected chi connectivity index (χ2v) is 8.12. The Balaban J connectivity index is 1.69. The van der Waals surface area contributed by atoms with Crippen molar-refractivity contribution in [3.05, 3.63) is 59.4 Å². The minimum atomic E-state index is -0.405. The highest BCUT2D eigenvalue weighted by molar-refractivity contribution is 5.95. The first-order valence-electron chi connectivity index (χ1n) is 10.8. The molecular weight excluding hydrogens is 420 g/mol. The predicted octanol–water partition coefficient (Wildman–Crippen LogP) is 2.84. The van der Waals surface area contributed by atoms with Crippen LogP contribution >= 0.6 is 0 Å². The normalized spacial score (nSPS) is 15.9. The number of anilines is 1. The summed E-state index contributed by atoms with van der Waals surface area (Å²) in [7, 11) is 5.42. The van der Waals surface area contributed by atoms with Gasteiger partial charge in [0.05, 0.1) is 37.2 Å². The highest BCUT2D eigenvalue weighted by Crippen LogP contribution is 2.33. The number of methoxy groups -OCH3 is 1. The molecule has 9 nitrogen and oxygen atoms in total. The van der Waals surface area contributed by atoms with Crippen LogP contribution in [-0.4, -0.2) is 71.6 Å². The Kier molecular flexibility index (Phi) is 6.50. The van der Waals surface area contributed by atoms with E-state index in [9.17, 15) is 4.79 Å². The molecule has 4 rings (SSSR count). The fourth-order valence-corrected chi connectivity index (χ4v) is 3.82. The highest BCUT2D eigenvalue weighted by atomic mass is 16.5. The van der Waals surface area contributed by atoms with E-state index >= 15 is 0 Å². The van der Waals surface area contributed by atoms with Gasteiger partial charge in [-0.2, -0.15) is 0 Å². The van der Waals surface area contributed by atoms with Gasteiger partial charge in [-0.05, 0) is 31.5 Å². The number of carbonyl (C=O) groups is 1. The molecule has 172 valence electrons. The molecule has 1 aliphatic heterocycles. The zero-order chi connectivity index (χ0) is 23.5. The molecule has 1 aromatic carbocycles. The van der Waals surface area contributed by atoms with Crippen LogP contribution in [0.1, 0.15) is 33.7 Å². The molecule has 9 heteroatoms. The number of hydrogen-bond acceptors (Lipinski definition) is 8. The van der Waals surface area contributed by atoms with Crippen molar-refractivity contribution in [2.75, 3.05) is 45.8 Å². The lowest BCUT2D eigenvalue weighted by Gasteiger charge is -2.33. The molecule has 0 aliphatic carbocycles. The summed E-state index contributed by atoms with van der Waals surface area (Å²) in [5, 5.41) is 0. The van der Waals surface area contributed by atoms with Crippen LogP contribution in [0.3, 0.4) is 0 Å². The van der Waals surface area contributed by atoms with Gasteiger partial charge in [0.15, 0.2) is 0 Å². The molecule has 33 heavy (non-hydrogen) atoms. The van der Waals surface area contributed by atoms with E-state index in [0.29, 0.717) is 42.7 Å². The fourth-order valence-electron chi connectivity index (χ4n) is 3.82. The third-order valence-electron chi connectivity index (χ3n) is 5.58. The minimum Gasteiger partial charge on any atom is -0.497 e. The van der Waals surface area contributed by atoms with E-state index in [4.69, 9.17) is 14.5 Å².